The van der Waals surface area contributed by atoms with Crippen molar-refractivity contribution in [2.75, 3.05) is 26.3 Å². The lowest BCUT2D eigenvalue weighted by Gasteiger charge is -2.26. The zero-order valence-corrected chi connectivity index (χ0v) is 16.9. The van der Waals surface area contributed by atoms with E-state index in [9.17, 15) is 4.79 Å². The van der Waals surface area contributed by atoms with Gasteiger partial charge in [0, 0.05) is 32.3 Å². The van der Waals surface area contributed by atoms with E-state index in [1.165, 1.54) is 11.1 Å². The molecule has 1 heterocycles. The Kier molecular flexibility index (Phi) is 7.40. The summed E-state index contributed by atoms with van der Waals surface area (Å²) in [6.45, 7) is 9.38. The van der Waals surface area contributed by atoms with Crippen molar-refractivity contribution in [2.24, 2.45) is 0 Å². The average Bonchev–Trinajstić information content (AvgIpc) is 2.72. The minimum atomic E-state index is -0.0773. The zero-order chi connectivity index (χ0) is 19.8. The van der Waals surface area contributed by atoms with Gasteiger partial charge in [-0.1, -0.05) is 62.4 Å². The van der Waals surface area contributed by atoms with Crippen molar-refractivity contribution in [2.45, 2.75) is 32.9 Å². The van der Waals surface area contributed by atoms with Crippen molar-refractivity contribution in [1.82, 2.24) is 10.2 Å². The van der Waals surface area contributed by atoms with Crippen LogP contribution in [0.4, 0.5) is 0 Å². The third kappa shape index (κ3) is 6.32. The molecular formula is C24H30N2O2. The smallest absolute Gasteiger partial charge is 0.244 e. The third-order valence-corrected chi connectivity index (χ3v) is 5.00. The first-order valence-electron chi connectivity index (χ1n) is 10.0. The quantitative estimate of drug-likeness (QED) is 0.741. The van der Waals surface area contributed by atoms with Gasteiger partial charge >= 0.3 is 0 Å². The number of carbonyl (C=O) groups is 1. The highest BCUT2D eigenvalue weighted by Crippen LogP contribution is 2.15. The zero-order valence-electron chi connectivity index (χ0n) is 16.9. The first-order valence-corrected chi connectivity index (χ1v) is 10.0. The Labute approximate surface area is 168 Å². The molecule has 1 fully saturated rings. The largest absolute Gasteiger partial charge is 0.379 e. The van der Waals surface area contributed by atoms with E-state index in [0.717, 1.165) is 44.0 Å². The molecule has 1 aliphatic rings. The Balaban J connectivity index is 1.49. The van der Waals surface area contributed by atoms with E-state index in [1.807, 2.05) is 18.2 Å². The maximum atomic E-state index is 12.1. The van der Waals surface area contributed by atoms with Crippen LogP contribution in [-0.2, 0) is 22.6 Å². The van der Waals surface area contributed by atoms with Gasteiger partial charge in [-0.25, -0.2) is 0 Å². The van der Waals surface area contributed by atoms with Crippen molar-refractivity contribution in [3.8, 4) is 0 Å². The lowest BCUT2D eigenvalue weighted by atomic mass is 10.0. The summed E-state index contributed by atoms with van der Waals surface area (Å²) in [5.41, 5.74) is 4.73. The minimum absolute atomic E-state index is 0.0773. The summed E-state index contributed by atoms with van der Waals surface area (Å²) in [5.74, 6) is 0.437. The van der Waals surface area contributed by atoms with Crippen LogP contribution in [0.1, 0.15) is 42.0 Å². The van der Waals surface area contributed by atoms with Crippen molar-refractivity contribution in [3.63, 3.8) is 0 Å². The number of amides is 1. The van der Waals surface area contributed by atoms with Gasteiger partial charge in [-0.2, -0.15) is 0 Å². The molecule has 148 valence electrons. The number of ether oxygens (including phenoxy) is 1. The number of carbonyl (C=O) groups excluding carboxylic acids is 1. The molecule has 0 aromatic heterocycles. The van der Waals surface area contributed by atoms with Crippen LogP contribution in [0.25, 0.3) is 6.08 Å². The van der Waals surface area contributed by atoms with E-state index in [1.54, 1.807) is 6.08 Å². The van der Waals surface area contributed by atoms with Gasteiger partial charge in [0.1, 0.15) is 0 Å². The Bertz CT molecular complexity index is 791. The molecule has 0 atom stereocenters. The normalized spacial score (nSPS) is 15.2. The van der Waals surface area contributed by atoms with Gasteiger partial charge in [-0.05, 0) is 34.2 Å². The van der Waals surface area contributed by atoms with E-state index in [4.69, 9.17) is 4.74 Å². The lowest BCUT2D eigenvalue weighted by molar-refractivity contribution is -0.116. The fourth-order valence-corrected chi connectivity index (χ4v) is 3.27. The Hall–Kier alpha value is -2.43. The number of morpholine rings is 1. The Morgan fingerprint density at radius 2 is 1.82 bits per heavy atom. The van der Waals surface area contributed by atoms with Crippen molar-refractivity contribution in [1.29, 1.82) is 0 Å². The maximum Gasteiger partial charge on any atom is 0.244 e. The molecule has 0 bridgehead atoms. The third-order valence-electron chi connectivity index (χ3n) is 5.00. The van der Waals surface area contributed by atoms with Crippen LogP contribution in [-0.4, -0.2) is 37.1 Å². The highest BCUT2D eigenvalue weighted by Gasteiger charge is 2.10. The summed E-state index contributed by atoms with van der Waals surface area (Å²) >= 11 is 0. The van der Waals surface area contributed by atoms with Crippen LogP contribution in [0, 0.1) is 0 Å². The fourth-order valence-electron chi connectivity index (χ4n) is 3.27. The standard InChI is InChI=1S/C24H30N2O2/c1-19(2)23-9-6-20(7-10-23)8-11-24(27)25-17-21-4-3-5-22(16-21)18-26-12-14-28-15-13-26/h3-11,16,19H,12-15,17-18H2,1-2H3,(H,25,27). The molecular weight excluding hydrogens is 348 g/mol. The van der Waals surface area contributed by atoms with Crippen molar-refractivity contribution in [3.05, 3.63) is 76.9 Å². The molecule has 0 unspecified atom stereocenters. The second-order valence-electron chi connectivity index (χ2n) is 7.58. The van der Waals surface area contributed by atoms with E-state index < -0.39 is 0 Å². The van der Waals surface area contributed by atoms with Crippen LogP contribution in [0.15, 0.2) is 54.6 Å². The molecule has 1 N–H and O–H groups in total. The van der Waals surface area contributed by atoms with E-state index in [-0.39, 0.29) is 5.91 Å². The summed E-state index contributed by atoms with van der Waals surface area (Å²) in [4.78, 5) is 14.5. The Morgan fingerprint density at radius 3 is 2.54 bits per heavy atom. The van der Waals surface area contributed by atoms with Crippen LogP contribution < -0.4 is 5.32 Å². The molecule has 4 nitrogen and oxygen atoms in total. The summed E-state index contributed by atoms with van der Waals surface area (Å²) in [6.07, 6.45) is 3.45. The fraction of sp³-hybridized carbons (Fsp3) is 0.375. The van der Waals surface area contributed by atoms with E-state index in [2.05, 4.69) is 60.5 Å². The van der Waals surface area contributed by atoms with Gasteiger partial charge in [0.25, 0.3) is 0 Å². The minimum Gasteiger partial charge on any atom is -0.379 e. The Morgan fingerprint density at radius 1 is 1.11 bits per heavy atom. The highest BCUT2D eigenvalue weighted by molar-refractivity contribution is 5.91. The average molecular weight is 379 g/mol. The lowest BCUT2D eigenvalue weighted by Crippen LogP contribution is -2.35. The second kappa shape index (κ2) is 10.2. The first kappa shape index (κ1) is 20.3. The van der Waals surface area contributed by atoms with Gasteiger partial charge in [0.05, 0.1) is 13.2 Å². The van der Waals surface area contributed by atoms with E-state index in [0.29, 0.717) is 12.5 Å². The van der Waals surface area contributed by atoms with Crippen LogP contribution in [0.2, 0.25) is 0 Å². The molecule has 0 spiro atoms. The summed E-state index contributed by atoms with van der Waals surface area (Å²) in [7, 11) is 0. The number of hydrogen-bond acceptors (Lipinski definition) is 3. The molecule has 2 aromatic carbocycles. The van der Waals surface area contributed by atoms with Gasteiger partial charge in [0.2, 0.25) is 5.91 Å². The molecule has 0 saturated carbocycles. The summed E-state index contributed by atoms with van der Waals surface area (Å²) in [6, 6.07) is 16.7. The SMILES string of the molecule is CC(C)c1ccc(C=CC(=O)NCc2cccc(CN3CCOCC3)c2)cc1. The number of hydrogen-bond donors (Lipinski definition) is 1. The number of rotatable bonds is 7. The number of benzene rings is 2. The summed E-state index contributed by atoms with van der Waals surface area (Å²) in [5, 5.41) is 2.97. The molecule has 1 amide bonds. The van der Waals surface area contributed by atoms with Gasteiger partial charge in [-0.3, -0.25) is 9.69 Å². The van der Waals surface area contributed by atoms with Crippen molar-refractivity contribution < 1.29 is 9.53 Å². The molecule has 1 aliphatic heterocycles. The van der Waals surface area contributed by atoms with Gasteiger partial charge in [-0.15, -0.1) is 0 Å². The van der Waals surface area contributed by atoms with Crippen molar-refractivity contribution >= 4 is 12.0 Å². The number of nitrogens with zero attached hydrogens (tertiary/aromatic N) is 1. The van der Waals surface area contributed by atoms with Crippen LogP contribution in [0.3, 0.4) is 0 Å². The monoisotopic (exact) mass is 378 g/mol. The molecule has 28 heavy (non-hydrogen) atoms. The van der Waals surface area contributed by atoms with Crippen LogP contribution >= 0.6 is 0 Å². The topological polar surface area (TPSA) is 41.6 Å². The molecule has 0 radical (unpaired) electrons. The molecule has 3 rings (SSSR count). The maximum absolute atomic E-state index is 12.1. The highest BCUT2D eigenvalue weighted by atomic mass is 16.5. The molecule has 4 heteroatoms. The predicted molar refractivity (Wildman–Crippen MR) is 114 cm³/mol. The molecule has 0 aliphatic carbocycles. The van der Waals surface area contributed by atoms with E-state index >= 15 is 0 Å². The molecule has 2 aromatic rings. The summed E-state index contributed by atoms with van der Waals surface area (Å²) < 4.78 is 5.40. The van der Waals surface area contributed by atoms with Gasteiger partial charge in [0.15, 0.2) is 0 Å². The first-order chi connectivity index (χ1) is 13.6. The van der Waals surface area contributed by atoms with Crippen LogP contribution in [0.5, 0.6) is 0 Å². The van der Waals surface area contributed by atoms with Gasteiger partial charge < -0.3 is 10.1 Å². The second-order valence-corrected chi connectivity index (χ2v) is 7.58. The number of nitrogens with one attached hydrogen (secondary N) is 1. The molecule has 1 saturated heterocycles. The predicted octanol–water partition coefficient (Wildman–Crippen LogP) is 3.97.